The summed E-state index contributed by atoms with van der Waals surface area (Å²) in [5.41, 5.74) is 3.80. The molecule has 47 heavy (non-hydrogen) atoms. The van der Waals surface area contributed by atoms with E-state index in [-0.39, 0.29) is 32.3 Å². The summed E-state index contributed by atoms with van der Waals surface area (Å²) in [5.74, 6) is -0.0512. The predicted molar refractivity (Wildman–Crippen MR) is 179 cm³/mol. The number of ether oxygens (including phenoxy) is 3. The first-order valence-electron chi connectivity index (χ1n) is 15.2. The van der Waals surface area contributed by atoms with Gasteiger partial charge in [0.05, 0.1) is 25.0 Å². The summed E-state index contributed by atoms with van der Waals surface area (Å²) < 4.78 is 50.2. The van der Waals surface area contributed by atoms with Gasteiger partial charge in [0, 0.05) is 47.8 Å². The molecule has 240 valence electrons. The van der Waals surface area contributed by atoms with Gasteiger partial charge in [-0.05, 0) is 73.5 Å². The topological polar surface area (TPSA) is 79.3 Å². The van der Waals surface area contributed by atoms with Crippen molar-refractivity contribution in [1.29, 1.82) is 0 Å². The van der Waals surface area contributed by atoms with Crippen molar-refractivity contribution < 1.29 is 23.0 Å². The molecule has 0 amide bonds. The number of hydrogen-bond acceptors (Lipinski definition) is 6. The highest BCUT2D eigenvalue weighted by molar-refractivity contribution is 6.08. The van der Waals surface area contributed by atoms with Crippen molar-refractivity contribution in [2.45, 2.75) is 32.6 Å². The zero-order chi connectivity index (χ0) is 32.9. The van der Waals surface area contributed by atoms with Crippen LogP contribution in [0.3, 0.4) is 0 Å². The molecule has 1 aliphatic rings. The predicted octanol–water partition coefficient (Wildman–Crippen LogP) is 7.14. The van der Waals surface area contributed by atoms with Crippen LogP contribution in [0, 0.1) is 11.6 Å². The molecular weight excluding hydrogens is 602 g/mol. The molecule has 10 heteroatoms. The third-order valence-electron chi connectivity index (χ3n) is 8.11. The highest BCUT2D eigenvalue weighted by Gasteiger charge is 2.20. The molecule has 0 N–H and O–H groups in total. The number of nitrogens with zero attached hydrogens (tertiary/aromatic N) is 4. The number of para-hydroxylation sites is 1. The number of benzene rings is 3. The van der Waals surface area contributed by atoms with Crippen molar-refractivity contribution in [3.63, 3.8) is 0 Å². The molecule has 0 aliphatic carbocycles. The molecular formula is C37H34F2N4O4. The van der Waals surface area contributed by atoms with Crippen molar-refractivity contribution in [3.05, 3.63) is 141 Å². The van der Waals surface area contributed by atoms with Crippen molar-refractivity contribution >= 4 is 23.3 Å². The van der Waals surface area contributed by atoms with Crippen LogP contribution >= 0.6 is 0 Å². The van der Waals surface area contributed by atoms with Crippen molar-refractivity contribution in [2.75, 3.05) is 13.3 Å². The first kappa shape index (κ1) is 31.6. The van der Waals surface area contributed by atoms with Crippen molar-refractivity contribution in [1.82, 2.24) is 9.13 Å². The van der Waals surface area contributed by atoms with Crippen LogP contribution in [0.1, 0.15) is 41.8 Å². The molecule has 0 spiro atoms. The first-order chi connectivity index (χ1) is 22.8. The molecule has 6 rings (SSSR count). The van der Waals surface area contributed by atoms with Gasteiger partial charge in [-0.2, -0.15) is 0 Å². The molecule has 3 aromatic carbocycles. The highest BCUT2D eigenvalue weighted by atomic mass is 19.1. The molecule has 0 bridgehead atoms. The Morgan fingerprint density at radius 1 is 1.02 bits per heavy atom. The molecule has 0 fully saturated rings. The van der Waals surface area contributed by atoms with Gasteiger partial charge < -0.3 is 23.3 Å². The standard InChI is InChI=1S/C37H34F2N4O4/c1-24(40-2)16-31(28-18-30(39)37(44)43(21-28)20-25-12-13-35-36(17-25)47-23-46-35)41-15-14-34(45-22-27-9-4-6-10-29(27)38)33-19-26-8-5-7-11-32(26)42(33)3/h4-13,16-19,21,34H,2,14-15,20,22-23H2,1,3H3/b24-16-,41-31?. The summed E-state index contributed by atoms with van der Waals surface area (Å²) in [6.07, 6.45) is 3.29. The van der Waals surface area contributed by atoms with E-state index in [0.717, 1.165) is 22.2 Å². The molecule has 1 atom stereocenters. The zero-order valence-corrected chi connectivity index (χ0v) is 26.2. The summed E-state index contributed by atoms with van der Waals surface area (Å²) in [5, 5.41) is 1.06. The molecule has 8 nitrogen and oxygen atoms in total. The third-order valence-corrected chi connectivity index (χ3v) is 8.11. The van der Waals surface area contributed by atoms with Crippen LogP contribution in [-0.2, 0) is 24.9 Å². The van der Waals surface area contributed by atoms with Gasteiger partial charge in [-0.25, -0.2) is 8.78 Å². The van der Waals surface area contributed by atoms with Crippen molar-refractivity contribution in [2.24, 2.45) is 17.0 Å². The van der Waals surface area contributed by atoms with E-state index < -0.39 is 17.5 Å². The van der Waals surface area contributed by atoms with E-state index in [2.05, 4.69) is 22.3 Å². The van der Waals surface area contributed by atoms with Crippen LogP contribution in [0.5, 0.6) is 11.5 Å². The first-order valence-corrected chi connectivity index (χ1v) is 15.2. The number of halogens is 2. The van der Waals surface area contributed by atoms with E-state index in [1.165, 1.54) is 16.7 Å². The number of hydrogen-bond donors (Lipinski definition) is 0. The van der Waals surface area contributed by atoms with Gasteiger partial charge in [0.1, 0.15) is 5.82 Å². The number of aliphatic imine (C=N–C) groups is 2. The number of rotatable bonds is 12. The number of aryl methyl sites for hydroxylation is 1. The maximum absolute atomic E-state index is 15.1. The molecule has 2 aromatic heterocycles. The summed E-state index contributed by atoms with van der Waals surface area (Å²) >= 11 is 0. The lowest BCUT2D eigenvalue weighted by Crippen LogP contribution is -2.24. The summed E-state index contributed by atoms with van der Waals surface area (Å²) in [6, 6.07) is 23.1. The number of pyridine rings is 1. The lowest BCUT2D eigenvalue weighted by Gasteiger charge is -2.19. The van der Waals surface area contributed by atoms with Gasteiger partial charge in [0.25, 0.3) is 5.56 Å². The lowest BCUT2D eigenvalue weighted by molar-refractivity contribution is 0.0298. The molecule has 1 unspecified atom stereocenters. The second-order valence-corrected chi connectivity index (χ2v) is 11.3. The smallest absolute Gasteiger partial charge is 0.286 e. The lowest BCUT2D eigenvalue weighted by atomic mass is 10.1. The molecule has 0 saturated carbocycles. The Bertz CT molecular complexity index is 2060. The van der Waals surface area contributed by atoms with E-state index in [4.69, 9.17) is 19.2 Å². The van der Waals surface area contributed by atoms with Gasteiger partial charge in [-0.1, -0.05) is 42.5 Å². The minimum absolute atomic E-state index is 0.0743. The van der Waals surface area contributed by atoms with Crippen molar-refractivity contribution in [3.8, 4) is 11.5 Å². The van der Waals surface area contributed by atoms with Gasteiger partial charge in [0.2, 0.25) is 6.79 Å². The normalized spacial score (nSPS) is 13.7. The Balaban J connectivity index is 1.30. The van der Waals surface area contributed by atoms with Gasteiger partial charge in [0.15, 0.2) is 17.3 Å². The average Bonchev–Trinajstić information content (AvgIpc) is 3.68. The van der Waals surface area contributed by atoms with Crippen LogP contribution in [-0.4, -0.2) is 34.9 Å². The second kappa shape index (κ2) is 14.0. The zero-order valence-electron chi connectivity index (χ0n) is 26.2. The Morgan fingerprint density at radius 3 is 2.62 bits per heavy atom. The van der Waals surface area contributed by atoms with Crippen LogP contribution in [0.2, 0.25) is 0 Å². The summed E-state index contributed by atoms with van der Waals surface area (Å²) in [6.45, 7) is 5.96. The fourth-order valence-corrected chi connectivity index (χ4v) is 5.60. The van der Waals surface area contributed by atoms with Gasteiger partial charge >= 0.3 is 0 Å². The fraction of sp³-hybridized carbons (Fsp3) is 0.216. The largest absolute Gasteiger partial charge is 0.454 e. The van der Waals surface area contributed by atoms with Gasteiger partial charge in [-0.15, -0.1) is 0 Å². The van der Waals surface area contributed by atoms with E-state index in [1.807, 2.05) is 31.3 Å². The van der Waals surface area contributed by atoms with E-state index >= 15 is 4.39 Å². The Kier molecular flexibility index (Phi) is 9.40. The molecule has 0 saturated heterocycles. The average molecular weight is 637 g/mol. The van der Waals surface area contributed by atoms with E-state index in [1.54, 1.807) is 55.6 Å². The van der Waals surface area contributed by atoms with E-state index in [0.29, 0.717) is 40.5 Å². The molecule has 3 heterocycles. The van der Waals surface area contributed by atoms with Gasteiger partial charge in [-0.3, -0.25) is 14.8 Å². The van der Waals surface area contributed by atoms with Crippen LogP contribution in [0.4, 0.5) is 8.78 Å². The monoisotopic (exact) mass is 636 g/mol. The molecule has 1 aliphatic heterocycles. The second-order valence-electron chi connectivity index (χ2n) is 11.3. The quantitative estimate of drug-likeness (QED) is 0.137. The molecule has 5 aromatic rings. The van der Waals surface area contributed by atoms with Crippen LogP contribution in [0.15, 0.2) is 112 Å². The Morgan fingerprint density at radius 2 is 1.81 bits per heavy atom. The third kappa shape index (κ3) is 7.07. The van der Waals surface area contributed by atoms with Crippen LogP contribution in [0.25, 0.3) is 10.9 Å². The minimum Gasteiger partial charge on any atom is -0.454 e. The number of allylic oxidation sites excluding steroid dienone is 2. The maximum Gasteiger partial charge on any atom is 0.286 e. The van der Waals surface area contributed by atoms with Crippen LogP contribution < -0.4 is 15.0 Å². The Hall–Kier alpha value is -5.35. The SMILES string of the molecule is C=N/C(C)=C\C(=NCCC(OCc1ccccc1F)c1cc2ccccc2n1C)c1cc(F)c(=O)n(Cc2ccc3c(c2)OCO3)c1. The summed E-state index contributed by atoms with van der Waals surface area (Å²) in [7, 11) is 1.97. The highest BCUT2D eigenvalue weighted by Crippen LogP contribution is 2.33. The molecule has 0 radical (unpaired) electrons. The Labute approximate surface area is 270 Å². The minimum atomic E-state index is -0.907. The number of fused-ring (bicyclic) bond motifs is 2. The summed E-state index contributed by atoms with van der Waals surface area (Å²) in [4.78, 5) is 21.7. The maximum atomic E-state index is 15.1. The van der Waals surface area contributed by atoms with E-state index in [9.17, 15) is 9.18 Å². The number of aromatic nitrogens is 2. The fourth-order valence-electron chi connectivity index (χ4n) is 5.60.